The molecule has 2 aromatic rings. The van der Waals surface area contributed by atoms with Gasteiger partial charge in [-0.25, -0.2) is 0 Å². The van der Waals surface area contributed by atoms with Gasteiger partial charge in [-0.2, -0.15) is 5.10 Å². The van der Waals surface area contributed by atoms with Crippen LogP contribution in [0.3, 0.4) is 0 Å². The minimum Gasteiger partial charge on any atom is -0.497 e. The molecule has 0 aliphatic heterocycles. The smallest absolute Gasteiger partial charge is 0.119 e. The van der Waals surface area contributed by atoms with Gasteiger partial charge in [0.1, 0.15) is 5.75 Å². The predicted molar refractivity (Wildman–Crippen MR) is 78.9 cm³/mol. The topological polar surface area (TPSA) is 39.1 Å². The van der Waals surface area contributed by atoms with Crippen LogP contribution in [0.1, 0.15) is 29.7 Å². The Morgan fingerprint density at radius 2 is 2.25 bits per heavy atom. The molecular formula is C16H21N3O. The highest BCUT2D eigenvalue weighted by Crippen LogP contribution is 2.20. The van der Waals surface area contributed by atoms with Gasteiger partial charge >= 0.3 is 0 Å². The number of aromatic nitrogens is 2. The molecule has 1 saturated carbocycles. The second-order valence-electron chi connectivity index (χ2n) is 5.44. The van der Waals surface area contributed by atoms with Gasteiger partial charge in [-0.05, 0) is 37.5 Å². The van der Waals surface area contributed by atoms with Gasteiger partial charge in [-0.3, -0.25) is 4.68 Å². The third-order valence-electron chi connectivity index (χ3n) is 3.69. The quantitative estimate of drug-likeness (QED) is 0.877. The fourth-order valence-corrected chi connectivity index (χ4v) is 2.31. The molecule has 20 heavy (non-hydrogen) atoms. The third kappa shape index (κ3) is 3.20. The molecule has 1 aliphatic rings. The van der Waals surface area contributed by atoms with Gasteiger partial charge in [0.15, 0.2) is 0 Å². The SMILES string of the molecule is COc1cccc(Cn2cc(CNC3CC3)c(C)n2)c1. The van der Waals surface area contributed by atoms with Crippen LogP contribution in [0.5, 0.6) is 5.75 Å². The lowest BCUT2D eigenvalue weighted by molar-refractivity contribution is 0.414. The summed E-state index contributed by atoms with van der Waals surface area (Å²) in [6.45, 7) is 3.78. The van der Waals surface area contributed by atoms with Gasteiger partial charge in [-0.15, -0.1) is 0 Å². The fourth-order valence-electron chi connectivity index (χ4n) is 2.31. The first-order chi connectivity index (χ1) is 9.74. The molecule has 1 heterocycles. The third-order valence-corrected chi connectivity index (χ3v) is 3.69. The van der Waals surface area contributed by atoms with Crippen LogP contribution in [-0.4, -0.2) is 22.9 Å². The molecule has 1 N–H and O–H groups in total. The molecule has 3 rings (SSSR count). The molecule has 4 heteroatoms. The molecule has 1 fully saturated rings. The van der Waals surface area contributed by atoms with Crippen LogP contribution in [0.2, 0.25) is 0 Å². The number of hydrogen-bond acceptors (Lipinski definition) is 3. The van der Waals surface area contributed by atoms with Crippen molar-refractivity contribution in [2.45, 2.75) is 38.9 Å². The molecule has 0 atom stereocenters. The highest BCUT2D eigenvalue weighted by molar-refractivity contribution is 5.28. The van der Waals surface area contributed by atoms with E-state index in [4.69, 9.17) is 4.74 Å². The van der Waals surface area contributed by atoms with Crippen LogP contribution in [0.4, 0.5) is 0 Å². The molecule has 1 aromatic heterocycles. The Bertz CT molecular complexity index is 587. The minimum atomic E-state index is 0.733. The van der Waals surface area contributed by atoms with Crippen LogP contribution in [0.15, 0.2) is 30.5 Å². The van der Waals surface area contributed by atoms with Crippen molar-refractivity contribution in [1.82, 2.24) is 15.1 Å². The van der Waals surface area contributed by atoms with E-state index in [0.717, 1.165) is 30.6 Å². The van der Waals surface area contributed by atoms with E-state index >= 15 is 0 Å². The molecule has 0 spiro atoms. The molecular weight excluding hydrogens is 250 g/mol. The van der Waals surface area contributed by atoms with Crippen LogP contribution in [-0.2, 0) is 13.1 Å². The number of rotatable bonds is 6. The lowest BCUT2D eigenvalue weighted by Crippen LogP contribution is -2.15. The summed E-state index contributed by atoms with van der Waals surface area (Å²) >= 11 is 0. The molecule has 0 saturated heterocycles. The fraction of sp³-hybridized carbons (Fsp3) is 0.438. The second kappa shape index (κ2) is 5.67. The van der Waals surface area contributed by atoms with Crippen LogP contribution in [0.25, 0.3) is 0 Å². The summed E-state index contributed by atoms with van der Waals surface area (Å²) in [5.41, 5.74) is 3.61. The summed E-state index contributed by atoms with van der Waals surface area (Å²) < 4.78 is 7.26. The number of methoxy groups -OCH3 is 1. The highest BCUT2D eigenvalue weighted by Gasteiger charge is 2.20. The maximum absolute atomic E-state index is 5.25. The van der Waals surface area contributed by atoms with E-state index in [9.17, 15) is 0 Å². The van der Waals surface area contributed by atoms with Crippen molar-refractivity contribution >= 4 is 0 Å². The van der Waals surface area contributed by atoms with Gasteiger partial charge in [-0.1, -0.05) is 12.1 Å². The first-order valence-corrected chi connectivity index (χ1v) is 7.14. The maximum Gasteiger partial charge on any atom is 0.119 e. The molecule has 1 aliphatic carbocycles. The van der Waals surface area contributed by atoms with Gasteiger partial charge in [0.05, 0.1) is 19.3 Å². The Balaban J connectivity index is 1.68. The normalized spacial score (nSPS) is 14.5. The lowest BCUT2D eigenvalue weighted by Gasteiger charge is -2.04. The number of nitrogens with one attached hydrogen (secondary N) is 1. The van der Waals surface area contributed by atoms with Crippen LogP contribution in [0, 0.1) is 6.92 Å². The van der Waals surface area contributed by atoms with E-state index in [1.54, 1.807) is 7.11 Å². The first-order valence-electron chi connectivity index (χ1n) is 7.14. The van der Waals surface area contributed by atoms with E-state index in [1.807, 2.05) is 16.8 Å². The van der Waals surface area contributed by atoms with Crippen molar-refractivity contribution in [1.29, 1.82) is 0 Å². The van der Waals surface area contributed by atoms with Gasteiger partial charge < -0.3 is 10.1 Å². The van der Waals surface area contributed by atoms with Crippen molar-refractivity contribution in [3.05, 3.63) is 47.3 Å². The van der Waals surface area contributed by atoms with E-state index in [0.29, 0.717) is 0 Å². The largest absolute Gasteiger partial charge is 0.497 e. The van der Waals surface area contributed by atoms with Crippen molar-refractivity contribution in [3.63, 3.8) is 0 Å². The van der Waals surface area contributed by atoms with Crippen molar-refractivity contribution in [2.75, 3.05) is 7.11 Å². The molecule has 0 bridgehead atoms. The standard InChI is InChI=1S/C16H21N3O/c1-12-14(9-17-15-6-7-15)11-19(18-12)10-13-4-3-5-16(8-13)20-2/h3-5,8,11,15,17H,6-7,9-10H2,1-2H3. The Kier molecular flexibility index (Phi) is 3.74. The summed E-state index contributed by atoms with van der Waals surface area (Å²) in [7, 11) is 1.69. The van der Waals surface area contributed by atoms with Gasteiger partial charge in [0.25, 0.3) is 0 Å². The van der Waals surface area contributed by atoms with E-state index in [2.05, 4.69) is 35.7 Å². The Morgan fingerprint density at radius 3 is 3.00 bits per heavy atom. The van der Waals surface area contributed by atoms with Gasteiger partial charge in [0, 0.05) is 24.3 Å². The van der Waals surface area contributed by atoms with Crippen molar-refractivity contribution < 1.29 is 4.74 Å². The van der Waals surface area contributed by atoms with Crippen LogP contribution < -0.4 is 10.1 Å². The zero-order valence-electron chi connectivity index (χ0n) is 12.1. The Morgan fingerprint density at radius 1 is 1.40 bits per heavy atom. The molecule has 0 unspecified atom stereocenters. The molecule has 0 amide bonds. The summed E-state index contributed by atoms with van der Waals surface area (Å²) in [6.07, 6.45) is 4.78. The molecule has 0 radical (unpaired) electrons. The summed E-state index contributed by atoms with van der Waals surface area (Å²) in [5, 5.41) is 8.13. The average Bonchev–Trinajstić information content (AvgIpc) is 3.21. The van der Waals surface area contributed by atoms with Crippen molar-refractivity contribution in [3.8, 4) is 5.75 Å². The first kappa shape index (κ1) is 13.2. The Hall–Kier alpha value is -1.81. The van der Waals surface area contributed by atoms with Crippen molar-refractivity contribution in [2.24, 2.45) is 0 Å². The zero-order valence-corrected chi connectivity index (χ0v) is 12.1. The minimum absolute atomic E-state index is 0.733. The molecule has 4 nitrogen and oxygen atoms in total. The van der Waals surface area contributed by atoms with Gasteiger partial charge in [0.2, 0.25) is 0 Å². The second-order valence-corrected chi connectivity index (χ2v) is 5.44. The lowest BCUT2D eigenvalue weighted by atomic mass is 10.2. The number of benzene rings is 1. The average molecular weight is 271 g/mol. The molecule has 106 valence electrons. The number of aryl methyl sites for hydroxylation is 1. The van der Waals surface area contributed by atoms with E-state index < -0.39 is 0 Å². The number of nitrogens with zero attached hydrogens (tertiary/aromatic N) is 2. The summed E-state index contributed by atoms with van der Waals surface area (Å²) in [4.78, 5) is 0. The summed E-state index contributed by atoms with van der Waals surface area (Å²) in [5.74, 6) is 0.891. The molecule has 1 aromatic carbocycles. The zero-order chi connectivity index (χ0) is 13.9. The summed E-state index contributed by atoms with van der Waals surface area (Å²) in [6, 6.07) is 8.86. The number of hydrogen-bond donors (Lipinski definition) is 1. The Labute approximate surface area is 119 Å². The number of ether oxygens (including phenoxy) is 1. The predicted octanol–water partition coefficient (Wildman–Crippen LogP) is 2.50. The van der Waals surface area contributed by atoms with Crippen LogP contribution >= 0.6 is 0 Å². The maximum atomic E-state index is 5.25. The van der Waals surface area contributed by atoms with E-state index in [1.165, 1.54) is 24.0 Å². The monoisotopic (exact) mass is 271 g/mol. The van der Waals surface area contributed by atoms with E-state index in [-0.39, 0.29) is 0 Å². The highest BCUT2D eigenvalue weighted by atomic mass is 16.5.